The minimum absolute atomic E-state index is 0.461. The molecule has 0 saturated heterocycles. The first kappa shape index (κ1) is 12.7. The smallest absolute Gasteiger partial charge is 0.138 e. The van der Waals surface area contributed by atoms with E-state index in [-0.39, 0.29) is 0 Å². The van der Waals surface area contributed by atoms with E-state index in [0.29, 0.717) is 12.5 Å². The van der Waals surface area contributed by atoms with Gasteiger partial charge in [-0.05, 0) is 30.9 Å². The van der Waals surface area contributed by atoms with Crippen LogP contribution in [0.15, 0.2) is 21.0 Å². The van der Waals surface area contributed by atoms with Gasteiger partial charge in [-0.3, -0.25) is 0 Å². The van der Waals surface area contributed by atoms with Crippen LogP contribution in [-0.4, -0.2) is 0 Å². The molecule has 0 bridgehead atoms. The number of rotatable bonds is 3. The first-order valence-electron chi connectivity index (χ1n) is 5.94. The Morgan fingerprint density at radius 2 is 2.06 bits per heavy atom. The summed E-state index contributed by atoms with van der Waals surface area (Å²) in [6.45, 7) is 6.95. The summed E-state index contributed by atoms with van der Waals surface area (Å²) in [7, 11) is 0. The topological polar surface area (TPSA) is 39.2 Å². The van der Waals surface area contributed by atoms with Gasteiger partial charge in [-0.1, -0.05) is 35.8 Å². The predicted molar refractivity (Wildman–Crippen MR) is 75.1 cm³/mol. The van der Waals surface area contributed by atoms with E-state index in [2.05, 4.69) is 48.8 Å². The molecular formula is C14H18BrNO. The molecule has 3 heteroatoms. The molecule has 1 heterocycles. The number of benzene rings is 1. The molecule has 17 heavy (non-hydrogen) atoms. The Kier molecular flexibility index (Phi) is 3.59. The quantitative estimate of drug-likeness (QED) is 0.923. The van der Waals surface area contributed by atoms with Crippen molar-refractivity contribution in [3.63, 3.8) is 0 Å². The zero-order valence-corrected chi connectivity index (χ0v) is 12.1. The highest BCUT2D eigenvalue weighted by Crippen LogP contribution is 2.35. The zero-order valence-electron chi connectivity index (χ0n) is 10.5. The van der Waals surface area contributed by atoms with Crippen LogP contribution in [0, 0.1) is 12.8 Å². The second-order valence-electron chi connectivity index (χ2n) is 4.87. The van der Waals surface area contributed by atoms with E-state index in [4.69, 9.17) is 10.2 Å². The molecular weight excluding hydrogens is 278 g/mol. The van der Waals surface area contributed by atoms with Gasteiger partial charge in [0, 0.05) is 15.4 Å². The summed E-state index contributed by atoms with van der Waals surface area (Å²) in [5.41, 5.74) is 9.17. The molecule has 0 aliphatic heterocycles. The Morgan fingerprint density at radius 3 is 2.65 bits per heavy atom. The number of hydrogen-bond donors (Lipinski definition) is 1. The fraction of sp³-hybridized carbons (Fsp3) is 0.429. The van der Waals surface area contributed by atoms with Crippen LogP contribution in [0.5, 0.6) is 0 Å². The first-order valence-corrected chi connectivity index (χ1v) is 6.73. The molecule has 0 spiro atoms. The van der Waals surface area contributed by atoms with E-state index >= 15 is 0 Å². The fourth-order valence-corrected chi connectivity index (χ4v) is 2.74. The van der Waals surface area contributed by atoms with E-state index in [1.54, 1.807) is 0 Å². The van der Waals surface area contributed by atoms with Crippen molar-refractivity contribution in [3.05, 3.63) is 33.5 Å². The lowest BCUT2D eigenvalue weighted by molar-refractivity contribution is 0.534. The van der Waals surface area contributed by atoms with Gasteiger partial charge in [0.25, 0.3) is 0 Å². The fourth-order valence-electron chi connectivity index (χ4n) is 2.19. The van der Waals surface area contributed by atoms with Crippen LogP contribution in [0.25, 0.3) is 11.0 Å². The number of hydrogen-bond acceptors (Lipinski definition) is 2. The van der Waals surface area contributed by atoms with E-state index in [1.807, 2.05) is 0 Å². The van der Waals surface area contributed by atoms with E-state index in [0.717, 1.165) is 27.8 Å². The summed E-state index contributed by atoms with van der Waals surface area (Å²) >= 11 is 3.61. The van der Waals surface area contributed by atoms with E-state index in [9.17, 15) is 0 Å². The van der Waals surface area contributed by atoms with Crippen LogP contribution in [0.3, 0.4) is 0 Å². The van der Waals surface area contributed by atoms with Crippen molar-refractivity contribution in [3.8, 4) is 0 Å². The van der Waals surface area contributed by atoms with Gasteiger partial charge < -0.3 is 10.2 Å². The second-order valence-corrected chi connectivity index (χ2v) is 5.73. The highest BCUT2D eigenvalue weighted by atomic mass is 79.9. The summed E-state index contributed by atoms with van der Waals surface area (Å²) in [6, 6.07) is 4.15. The maximum atomic E-state index is 5.91. The van der Waals surface area contributed by atoms with Gasteiger partial charge in [0.05, 0.1) is 6.54 Å². The first-order chi connectivity index (χ1) is 8.04. The number of furan rings is 1. The molecule has 92 valence electrons. The molecule has 1 aromatic heterocycles. The molecule has 2 nitrogen and oxygen atoms in total. The largest absolute Gasteiger partial charge is 0.459 e. The summed E-state index contributed by atoms with van der Waals surface area (Å²) in [5.74, 6) is 1.51. The second kappa shape index (κ2) is 4.83. The lowest BCUT2D eigenvalue weighted by Gasteiger charge is -2.05. The molecule has 0 amide bonds. The minimum Gasteiger partial charge on any atom is -0.459 e. The Morgan fingerprint density at radius 1 is 1.35 bits per heavy atom. The number of halogens is 1. The van der Waals surface area contributed by atoms with Gasteiger partial charge >= 0.3 is 0 Å². The van der Waals surface area contributed by atoms with Crippen LogP contribution < -0.4 is 5.73 Å². The summed E-state index contributed by atoms with van der Waals surface area (Å²) in [6.07, 6.45) is 1.00. The molecule has 0 radical (unpaired) electrons. The van der Waals surface area contributed by atoms with Crippen LogP contribution in [0.1, 0.15) is 30.7 Å². The van der Waals surface area contributed by atoms with Crippen molar-refractivity contribution in [1.29, 1.82) is 0 Å². The van der Waals surface area contributed by atoms with Crippen LogP contribution in [0.4, 0.5) is 0 Å². The molecule has 0 atom stereocenters. The molecule has 0 fully saturated rings. The lowest BCUT2D eigenvalue weighted by Crippen LogP contribution is -2.01. The number of nitrogens with two attached hydrogens (primary N) is 1. The molecule has 2 rings (SSSR count). The van der Waals surface area contributed by atoms with Gasteiger partial charge in [0.1, 0.15) is 11.3 Å². The third-order valence-electron chi connectivity index (χ3n) is 2.97. The Balaban J connectivity index is 2.73. The summed E-state index contributed by atoms with van der Waals surface area (Å²) < 4.78 is 7.00. The van der Waals surface area contributed by atoms with Crippen LogP contribution in [0.2, 0.25) is 0 Å². The number of aryl methyl sites for hydroxylation is 1. The minimum atomic E-state index is 0.461. The molecule has 0 unspecified atom stereocenters. The maximum absolute atomic E-state index is 5.91. The normalized spacial score (nSPS) is 11.6. The molecule has 0 aliphatic carbocycles. The molecule has 1 aromatic carbocycles. The lowest BCUT2D eigenvalue weighted by atomic mass is 9.99. The Labute approximate surface area is 110 Å². The van der Waals surface area contributed by atoms with Crippen LogP contribution >= 0.6 is 15.9 Å². The van der Waals surface area contributed by atoms with Crippen molar-refractivity contribution < 1.29 is 4.42 Å². The average Bonchev–Trinajstić information content (AvgIpc) is 2.63. The van der Waals surface area contributed by atoms with Crippen molar-refractivity contribution in [1.82, 2.24) is 0 Å². The SMILES string of the molecule is Cc1ccc(Br)c2c(CC(C)C)c(CN)oc12. The van der Waals surface area contributed by atoms with Gasteiger partial charge in [0.15, 0.2) is 0 Å². The Bertz CT molecular complexity index is 543. The monoisotopic (exact) mass is 295 g/mol. The molecule has 0 aliphatic rings. The van der Waals surface area contributed by atoms with Gasteiger partial charge in [-0.15, -0.1) is 0 Å². The van der Waals surface area contributed by atoms with Crippen molar-refractivity contribution in [2.75, 3.05) is 0 Å². The predicted octanol–water partition coefficient (Wildman–Crippen LogP) is 4.16. The van der Waals surface area contributed by atoms with E-state index in [1.165, 1.54) is 10.9 Å². The molecule has 0 saturated carbocycles. The van der Waals surface area contributed by atoms with Crippen LogP contribution in [-0.2, 0) is 13.0 Å². The van der Waals surface area contributed by atoms with Gasteiger partial charge in [0.2, 0.25) is 0 Å². The van der Waals surface area contributed by atoms with Gasteiger partial charge in [-0.25, -0.2) is 0 Å². The third kappa shape index (κ3) is 2.26. The molecule has 2 aromatic rings. The highest BCUT2D eigenvalue weighted by Gasteiger charge is 2.17. The summed E-state index contributed by atoms with van der Waals surface area (Å²) in [5, 5.41) is 1.19. The zero-order chi connectivity index (χ0) is 12.6. The Hall–Kier alpha value is -0.800. The van der Waals surface area contributed by atoms with Crippen molar-refractivity contribution in [2.24, 2.45) is 11.7 Å². The van der Waals surface area contributed by atoms with Gasteiger partial charge in [-0.2, -0.15) is 0 Å². The number of fused-ring (bicyclic) bond motifs is 1. The average molecular weight is 296 g/mol. The van der Waals surface area contributed by atoms with E-state index < -0.39 is 0 Å². The third-order valence-corrected chi connectivity index (χ3v) is 3.63. The van der Waals surface area contributed by atoms with Crippen molar-refractivity contribution in [2.45, 2.75) is 33.7 Å². The van der Waals surface area contributed by atoms with Crippen molar-refractivity contribution >= 4 is 26.9 Å². The highest BCUT2D eigenvalue weighted by molar-refractivity contribution is 9.10. The maximum Gasteiger partial charge on any atom is 0.138 e. The summed E-state index contributed by atoms with van der Waals surface area (Å²) in [4.78, 5) is 0. The molecule has 2 N–H and O–H groups in total. The standard InChI is InChI=1S/C14H18BrNO/c1-8(2)6-10-12(7-16)17-14-9(3)4-5-11(15)13(10)14/h4-5,8H,6-7,16H2,1-3H3.